The number of cyclic esters (lactones) is 1. The predicted molar refractivity (Wildman–Crippen MR) is 33.2 cm³/mol. The lowest BCUT2D eigenvalue weighted by atomic mass is 9.95. The minimum Gasteiger partial charge on any atom is -0.462 e. The third-order valence-electron chi connectivity index (χ3n) is 2.50. The van der Waals surface area contributed by atoms with Crippen molar-refractivity contribution in [2.45, 2.75) is 24.9 Å². The van der Waals surface area contributed by atoms with Gasteiger partial charge < -0.3 is 9.84 Å². The van der Waals surface area contributed by atoms with Crippen LogP contribution in [0.3, 0.4) is 0 Å². The number of ether oxygens (including phenoxy) is 1. The minimum absolute atomic E-state index is 0.208. The molecule has 3 nitrogen and oxygen atoms in total. The van der Waals surface area contributed by atoms with E-state index in [9.17, 15) is 9.90 Å². The second-order valence-corrected chi connectivity index (χ2v) is 3.16. The molecule has 0 bridgehead atoms. The topological polar surface area (TPSA) is 46.5 Å². The van der Waals surface area contributed by atoms with Gasteiger partial charge in [0.1, 0.15) is 12.2 Å². The van der Waals surface area contributed by atoms with Crippen molar-refractivity contribution in [2.75, 3.05) is 6.61 Å². The van der Waals surface area contributed by atoms with E-state index in [0.29, 0.717) is 0 Å². The van der Waals surface area contributed by atoms with Crippen LogP contribution < -0.4 is 0 Å². The van der Waals surface area contributed by atoms with Crippen LogP contribution in [0, 0.1) is 5.92 Å². The van der Waals surface area contributed by atoms with E-state index in [1.54, 1.807) is 0 Å². The molecule has 1 N–H and O–H groups in total. The average Bonchev–Trinajstić information content (AvgIpc) is 2.35. The maximum atomic E-state index is 10.9. The summed E-state index contributed by atoms with van der Waals surface area (Å²) in [6.07, 6.45) is 2.48. The summed E-state index contributed by atoms with van der Waals surface area (Å²) in [6.45, 7) is 0.219. The maximum Gasteiger partial charge on any atom is 0.312 e. The predicted octanol–water partition coefficient (Wildman–Crippen LogP) is 0.0744. The van der Waals surface area contributed by atoms with Crippen molar-refractivity contribution in [3.05, 3.63) is 0 Å². The van der Waals surface area contributed by atoms with Gasteiger partial charge in [-0.15, -0.1) is 0 Å². The third-order valence-corrected chi connectivity index (χ3v) is 2.50. The summed E-state index contributed by atoms with van der Waals surface area (Å²) >= 11 is 0. The van der Waals surface area contributed by atoms with Crippen LogP contribution in [0.1, 0.15) is 19.3 Å². The Kier molecular flexibility index (Phi) is 1.06. The average molecular weight is 142 g/mol. The van der Waals surface area contributed by atoms with Gasteiger partial charge in [0, 0.05) is 0 Å². The molecule has 1 saturated heterocycles. The molecular weight excluding hydrogens is 132 g/mol. The summed E-state index contributed by atoms with van der Waals surface area (Å²) in [4.78, 5) is 10.9. The van der Waals surface area contributed by atoms with Gasteiger partial charge in [0.25, 0.3) is 0 Å². The molecule has 0 radical (unpaired) electrons. The third kappa shape index (κ3) is 0.611. The molecule has 1 saturated carbocycles. The van der Waals surface area contributed by atoms with E-state index >= 15 is 0 Å². The molecule has 0 aromatic rings. The largest absolute Gasteiger partial charge is 0.462 e. The lowest BCUT2D eigenvalue weighted by Gasteiger charge is -2.15. The highest BCUT2D eigenvalue weighted by molar-refractivity contribution is 5.76. The van der Waals surface area contributed by atoms with Crippen molar-refractivity contribution in [3.8, 4) is 0 Å². The number of esters is 1. The summed E-state index contributed by atoms with van der Waals surface area (Å²) in [6, 6.07) is 0. The molecule has 2 atom stereocenters. The first-order chi connectivity index (χ1) is 4.72. The maximum absolute atomic E-state index is 10.9. The normalized spacial score (nSPS) is 45.3. The van der Waals surface area contributed by atoms with Gasteiger partial charge in [-0.05, 0) is 19.3 Å². The summed E-state index contributed by atoms with van der Waals surface area (Å²) in [5, 5.41) is 9.66. The first-order valence-electron chi connectivity index (χ1n) is 3.61. The zero-order valence-electron chi connectivity index (χ0n) is 5.67. The molecule has 56 valence electrons. The van der Waals surface area contributed by atoms with Crippen LogP contribution in [0.5, 0.6) is 0 Å². The van der Waals surface area contributed by atoms with Gasteiger partial charge in [-0.1, -0.05) is 0 Å². The second-order valence-electron chi connectivity index (χ2n) is 3.16. The molecule has 0 aromatic carbocycles. The van der Waals surface area contributed by atoms with Crippen molar-refractivity contribution >= 4 is 5.97 Å². The van der Waals surface area contributed by atoms with Crippen LogP contribution in [0.25, 0.3) is 0 Å². The van der Waals surface area contributed by atoms with Gasteiger partial charge in [-0.25, -0.2) is 0 Å². The van der Waals surface area contributed by atoms with Crippen molar-refractivity contribution in [3.63, 3.8) is 0 Å². The minimum atomic E-state index is -0.795. The number of hydrogen-bond acceptors (Lipinski definition) is 3. The van der Waals surface area contributed by atoms with Crippen LogP contribution in [-0.2, 0) is 9.53 Å². The monoisotopic (exact) mass is 142 g/mol. The van der Waals surface area contributed by atoms with E-state index in [1.807, 2.05) is 0 Å². The molecule has 1 aliphatic carbocycles. The van der Waals surface area contributed by atoms with E-state index < -0.39 is 5.60 Å². The molecule has 2 fully saturated rings. The van der Waals surface area contributed by atoms with Gasteiger partial charge in [0.2, 0.25) is 0 Å². The Labute approximate surface area is 59.0 Å². The Bertz CT molecular complexity index is 178. The molecule has 0 unspecified atom stereocenters. The standard InChI is InChI=1S/C7H10O3/c8-6-5-2-1-3-7(5,9)4-10-6/h5,9H,1-4H2/t5-,7+/m0/s1. The zero-order chi connectivity index (χ0) is 7.19. The number of carbonyl (C=O) groups is 1. The molecule has 2 aliphatic rings. The number of hydrogen-bond donors (Lipinski definition) is 1. The van der Waals surface area contributed by atoms with Gasteiger partial charge in [-0.3, -0.25) is 4.79 Å². The molecule has 1 heterocycles. The van der Waals surface area contributed by atoms with Crippen LogP contribution >= 0.6 is 0 Å². The Balaban J connectivity index is 2.27. The molecule has 1 aliphatic heterocycles. The van der Waals surface area contributed by atoms with Crippen LogP contribution in [0.15, 0.2) is 0 Å². The summed E-state index contributed by atoms with van der Waals surface area (Å²) in [5.74, 6) is -0.424. The molecule has 0 aromatic heterocycles. The Morgan fingerprint density at radius 2 is 2.50 bits per heavy atom. The summed E-state index contributed by atoms with van der Waals surface area (Å²) in [5.41, 5.74) is -0.795. The summed E-state index contributed by atoms with van der Waals surface area (Å²) in [7, 11) is 0. The molecule has 0 spiro atoms. The quantitative estimate of drug-likeness (QED) is 0.487. The van der Waals surface area contributed by atoms with Crippen molar-refractivity contribution in [2.24, 2.45) is 5.92 Å². The highest BCUT2D eigenvalue weighted by atomic mass is 16.6. The number of carbonyl (C=O) groups excluding carboxylic acids is 1. The fraction of sp³-hybridized carbons (Fsp3) is 0.857. The fourth-order valence-electron chi connectivity index (χ4n) is 1.86. The highest BCUT2D eigenvalue weighted by Crippen LogP contribution is 2.40. The zero-order valence-corrected chi connectivity index (χ0v) is 5.67. The second kappa shape index (κ2) is 1.72. The van der Waals surface area contributed by atoms with Crippen molar-refractivity contribution in [1.82, 2.24) is 0 Å². The number of aliphatic hydroxyl groups is 1. The van der Waals surface area contributed by atoms with E-state index in [2.05, 4.69) is 0 Å². The number of fused-ring (bicyclic) bond motifs is 1. The molecule has 3 heteroatoms. The molecular formula is C7H10O3. The number of rotatable bonds is 0. The van der Waals surface area contributed by atoms with E-state index in [1.165, 1.54) is 0 Å². The van der Waals surface area contributed by atoms with Crippen molar-refractivity contribution < 1.29 is 14.6 Å². The van der Waals surface area contributed by atoms with Crippen molar-refractivity contribution in [1.29, 1.82) is 0 Å². The van der Waals surface area contributed by atoms with E-state index in [-0.39, 0.29) is 18.5 Å². The van der Waals surface area contributed by atoms with Gasteiger partial charge in [0.05, 0.1) is 5.92 Å². The van der Waals surface area contributed by atoms with Crippen LogP contribution in [0.4, 0.5) is 0 Å². The molecule has 0 amide bonds. The van der Waals surface area contributed by atoms with Crippen LogP contribution in [-0.4, -0.2) is 23.3 Å². The van der Waals surface area contributed by atoms with Gasteiger partial charge in [-0.2, -0.15) is 0 Å². The highest BCUT2D eigenvalue weighted by Gasteiger charge is 2.51. The molecule has 10 heavy (non-hydrogen) atoms. The first kappa shape index (κ1) is 6.16. The Hall–Kier alpha value is -0.570. The summed E-state index contributed by atoms with van der Waals surface area (Å²) < 4.78 is 4.73. The smallest absolute Gasteiger partial charge is 0.312 e. The van der Waals surface area contributed by atoms with Gasteiger partial charge in [0.15, 0.2) is 0 Å². The lowest BCUT2D eigenvalue weighted by molar-refractivity contribution is -0.141. The van der Waals surface area contributed by atoms with E-state index in [4.69, 9.17) is 4.74 Å². The first-order valence-corrected chi connectivity index (χ1v) is 3.61. The van der Waals surface area contributed by atoms with Gasteiger partial charge >= 0.3 is 5.97 Å². The SMILES string of the molecule is O=C1OC[C@]2(O)CCC[C@@H]12. The Morgan fingerprint density at radius 1 is 1.70 bits per heavy atom. The Morgan fingerprint density at radius 3 is 3.20 bits per heavy atom. The lowest BCUT2D eigenvalue weighted by Crippen LogP contribution is -2.32. The van der Waals surface area contributed by atoms with E-state index in [0.717, 1.165) is 19.3 Å². The molecule has 2 rings (SSSR count). The fourth-order valence-corrected chi connectivity index (χ4v) is 1.86. The van der Waals surface area contributed by atoms with Crippen LogP contribution in [0.2, 0.25) is 0 Å².